The largest absolute Gasteiger partial charge is 0.490 e. The molecule has 0 amide bonds. The van der Waals surface area contributed by atoms with Crippen LogP contribution in [0.1, 0.15) is 24.8 Å². The van der Waals surface area contributed by atoms with Gasteiger partial charge in [0.05, 0.1) is 0 Å². The summed E-state index contributed by atoms with van der Waals surface area (Å²) in [7, 11) is 2.23. The molecule has 3 heterocycles. The third-order valence-corrected chi connectivity index (χ3v) is 3.92. The molecule has 0 radical (unpaired) electrons. The van der Waals surface area contributed by atoms with Gasteiger partial charge in [-0.25, -0.2) is 14.8 Å². The zero-order valence-corrected chi connectivity index (χ0v) is 11.9. The molecule has 2 aliphatic heterocycles. The number of rotatable bonds is 1. The fourth-order valence-corrected chi connectivity index (χ4v) is 2.72. The Morgan fingerprint density at radius 2 is 1.91 bits per heavy atom. The molecule has 1 aromatic heterocycles. The van der Waals surface area contributed by atoms with Crippen LogP contribution in [0.5, 0.6) is 0 Å². The van der Waals surface area contributed by atoms with E-state index in [1.165, 1.54) is 24.0 Å². The lowest BCUT2D eigenvalue weighted by Crippen LogP contribution is -2.34. The van der Waals surface area contributed by atoms with Gasteiger partial charge in [0, 0.05) is 30.0 Å². The molecule has 120 valence electrons. The summed E-state index contributed by atoms with van der Waals surface area (Å²) in [6.07, 6.45) is 6.52. The fraction of sp³-hybridized carbons (Fsp3) is 0.500. The molecule has 2 bridgehead atoms. The van der Waals surface area contributed by atoms with Crippen LogP contribution in [-0.4, -0.2) is 51.3 Å². The standard InChI is InChI=1S/C12H15N3.C2HF3O2/c1-15-11-2-3-12(15)5-9(4-11)10-6-13-8-14-7-10;3-2(4,5)1(6)7/h4,6-8,11-12H,2-3,5H2,1H3;(H,6,7). The van der Waals surface area contributed by atoms with Crippen LogP contribution in [0, 0.1) is 0 Å². The molecule has 2 atom stereocenters. The minimum absolute atomic E-state index is 0.638. The maximum absolute atomic E-state index is 10.6. The number of nitrogens with zero attached hydrogens (tertiary/aromatic N) is 3. The predicted molar refractivity (Wildman–Crippen MR) is 72.9 cm³/mol. The van der Waals surface area contributed by atoms with E-state index in [1.54, 1.807) is 6.33 Å². The number of halogens is 3. The number of carbonyl (C=O) groups is 1. The third kappa shape index (κ3) is 3.82. The van der Waals surface area contributed by atoms with E-state index in [-0.39, 0.29) is 0 Å². The van der Waals surface area contributed by atoms with Crippen LogP contribution in [0.4, 0.5) is 13.2 Å². The first-order valence-corrected chi connectivity index (χ1v) is 6.77. The summed E-state index contributed by atoms with van der Waals surface area (Å²) >= 11 is 0. The maximum atomic E-state index is 10.6. The molecule has 3 rings (SSSR count). The molecular formula is C14H16F3N3O2. The van der Waals surface area contributed by atoms with E-state index in [0.717, 1.165) is 12.5 Å². The highest BCUT2D eigenvalue weighted by Crippen LogP contribution is 2.36. The van der Waals surface area contributed by atoms with Gasteiger partial charge in [0.1, 0.15) is 6.33 Å². The summed E-state index contributed by atoms with van der Waals surface area (Å²) in [6.45, 7) is 0. The smallest absolute Gasteiger partial charge is 0.475 e. The van der Waals surface area contributed by atoms with Crippen molar-refractivity contribution in [1.29, 1.82) is 0 Å². The molecule has 2 unspecified atom stereocenters. The summed E-state index contributed by atoms with van der Waals surface area (Å²) in [5.74, 6) is -2.76. The Hall–Kier alpha value is -1.96. The van der Waals surface area contributed by atoms with Gasteiger partial charge in [-0.1, -0.05) is 6.08 Å². The SMILES string of the molecule is CN1C2C=C(c3cncnc3)CC1CC2.O=C(O)C(F)(F)F. The molecule has 1 fully saturated rings. The predicted octanol–water partition coefficient (Wildman–Crippen LogP) is 2.36. The number of likely N-dealkylation sites (N-methyl/N-ethyl adjacent to an activating group) is 1. The van der Waals surface area contributed by atoms with Gasteiger partial charge in [-0.3, -0.25) is 4.90 Å². The number of aromatic nitrogens is 2. The van der Waals surface area contributed by atoms with E-state index in [9.17, 15) is 13.2 Å². The van der Waals surface area contributed by atoms with Crippen LogP contribution in [0.15, 0.2) is 24.8 Å². The molecule has 0 spiro atoms. The van der Waals surface area contributed by atoms with Crippen LogP contribution < -0.4 is 0 Å². The van der Waals surface area contributed by atoms with Crippen molar-refractivity contribution in [3.63, 3.8) is 0 Å². The monoisotopic (exact) mass is 315 g/mol. The van der Waals surface area contributed by atoms with Gasteiger partial charge in [0.2, 0.25) is 0 Å². The number of fused-ring (bicyclic) bond motifs is 2. The second-order valence-electron chi connectivity index (χ2n) is 5.29. The minimum atomic E-state index is -5.08. The summed E-state index contributed by atoms with van der Waals surface area (Å²) in [6, 6.07) is 1.37. The van der Waals surface area contributed by atoms with E-state index >= 15 is 0 Å². The highest BCUT2D eigenvalue weighted by atomic mass is 19.4. The van der Waals surface area contributed by atoms with E-state index in [2.05, 4.69) is 28.0 Å². The normalized spacial score (nSPS) is 24.3. The molecule has 22 heavy (non-hydrogen) atoms. The Balaban J connectivity index is 0.000000217. The minimum Gasteiger partial charge on any atom is -0.475 e. The number of aliphatic carboxylic acids is 1. The lowest BCUT2D eigenvalue weighted by Gasteiger charge is -2.30. The topological polar surface area (TPSA) is 66.3 Å². The fourth-order valence-electron chi connectivity index (χ4n) is 2.72. The molecule has 2 aliphatic rings. The van der Waals surface area contributed by atoms with E-state index < -0.39 is 12.1 Å². The Morgan fingerprint density at radius 3 is 2.41 bits per heavy atom. The lowest BCUT2D eigenvalue weighted by atomic mass is 9.97. The van der Waals surface area contributed by atoms with Crippen LogP contribution >= 0.6 is 0 Å². The van der Waals surface area contributed by atoms with Crippen molar-refractivity contribution in [2.75, 3.05) is 7.05 Å². The maximum Gasteiger partial charge on any atom is 0.490 e. The van der Waals surface area contributed by atoms with Crippen molar-refractivity contribution in [3.05, 3.63) is 30.4 Å². The molecular weight excluding hydrogens is 299 g/mol. The molecule has 8 heteroatoms. The number of carboxylic acids is 1. The van der Waals surface area contributed by atoms with Gasteiger partial charge < -0.3 is 5.11 Å². The number of hydrogen-bond acceptors (Lipinski definition) is 4. The van der Waals surface area contributed by atoms with Crippen molar-refractivity contribution in [1.82, 2.24) is 14.9 Å². The van der Waals surface area contributed by atoms with Crippen molar-refractivity contribution in [2.24, 2.45) is 0 Å². The lowest BCUT2D eigenvalue weighted by molar-refractivity contribution is -0.192. The van der Waals surface area contributed by atoms with E-state index in [0.29, 0.717) is 6.04 Å². The molecule has 1 aromatic rings. The van der Waals surface area contributed by atoms with Crippen molar-refractivity contribution in [2.45, 2.75) is 37.5 Å². The average molecular weight is 315 g/mol. The first-order valence-electron chi connectivity index (χ1n) is 6.77. The van der Waals surface area contributed by atoms with Gasteiger partial charge in [-0.2, -0.15) is 13.2 Å². The first kappa shape index (κ1) is 16.4. The Bertz CT molecular complexity index is 560. The van der Waals surface area contributed by atoms with Gasteiger partial charge in [-0.05, 0) is 31.9 Å². The van der Waals surface area contributed by atoms with Crippen molar-refractivity contribution >= 4 is 11.5 Å². The number of alkyl halides is 3. The second-order valence-corrected chi connectivity index (χ2v) is 5.29. The second kappa shape index (κ2) is 6.43. The van der Waals surface area contributed by atoms with Gasteiger partial charge >= 0.3 is 12.1 Å². The number of carboxylic acid groups (broad SMARTS) is 1. The molecule has 5 nitrogen and oxygen atoms in total. The van der Waals surface area contributed by atoms with Gasteiger partial charge in [0.15, 0.2) is 0 Å². The summed E-state index contributed by atoms with van der Waals surface area (Å²) in [4.78, 5) is 19.6. The van der Waals surface area contributed by atoms with Crippen LogP contribution in [0.2, 0.25) is 0 Å². The Labute approximate surface area is 125 Å². The molecule has 0 saturated carbocycles. The summed E-state index contributed by atoms with van der Waals surface area (Å²) in [5.41, 5.74) is 2.63. The first-order chi connectivity index (χ1) is 10.3. The third-order valence-electron chi connectivity index (χ3n) is 3.92. The highest BCUT2D eigenvalue weighted by Gasteiger charge is 2.38. The van der Waals surface area contributed by atoms with Crippen LogP contribution in [0.25, 0.3) is 5.57 Å². The zero-order valence-electron chi connectivity index (χ0n) is 11.9. The molecule has 0 aromatic carbocycles. The Kier molecular flexibility index (Phi) is 4.80. The molecule has 1 N–H and O–H groups in total. The Morgan fingerprint density at radius 1 is 1.32 bits per heavy atom. The van der Waals surface area contributed by atoms with Crippen molar-refractivity contribution < 1.29 is 23.1 Å². The number of hydrogen-bond donors (Lipinski definition) is 1. The van der Waals surface area contributed by atoms with Crippen LogP contribution in [-0.2, 0) is 4.79 Å². The average Bonchev–Trinajstić information content (AvgIpc) is 2.69. The molecule has 1 saturated heterocycles. The van der Waals surface area contributed by atoms with Gasteiger partial charge in [0.25, 0.3) is 0 Å². The van der Waals surface area contributed by atoms with E-state index in [4.69, 9.17) is 9.90 Å². The summed E-state index contributed by atoms with van der Waals surface area (Å²) in [5, 5.41) is 7.12. The highest BCUT2D eigenvalue weighted by molar-refractivity contribution is 5.73. The van der Waals surface area contributed by atoms with Crippen molar-refractivity contribution in [3.8, 4) is 0 Å². The van der Waals surface area contributed by atoms with E-state index in [1.807, 2.05) is 12.4 Å². The molecule has 0 aliphatic carbocycles. The van der Waals surface area contributed by atoms with Gasteiger partial charge in [-0.15, -0.1) is 0 Å². The summed E-state index contributed by atoms with van der Waals surface area (Å²) < 4.78 is 31.7. The van der Waals surface area contributed by atoms with Crippen LogP contribution in [0.3, 0.4) is 0 Å². The zero-order chi connectivity index (χ0) is 16.3. The quantitative estimate of drug-likeness (QED) is 0.862.